The van der Waals surface area contributed by atoms with E-state index in [4.69, 9.17) is 0 Å². The molecule has 0 saturated carbocycles. The first-order valence-corrected chi connectivity index (χ1v) is 6.93. The Morgan fingerprint density at radius 1 is 1.20 bits per heavy atom. The minimum Gasteiger partial charge on any atom is -0.386 e. The lowest BCUT2D eigenvalue weighted by molar-refractivity contribution is -0.420. The van der Waals surface area contributed by atoms with Gasteiger partial charge >= 0.3 is 23.7 Å². The van der Waals surface area contributed by atoms with Gasteiger partial charge in [-0.15, -0.1) is 0 Å². The average Bonchev–Trinajstić information content (AvgIpc) is 2.53. The van der Waals surface area contributed by atoms with Gasteiger partial charge in [-0.2, -0.15) is 13.2 Å². The summed E-state index contributed by atoms with van der Waals surface area (Å²) in [6, 6.07) is 7.92. The third-order valence-corrected chi connectivity index (χ3v) is 2.93. The highest BCUT2D eigenvalue weighted by Gasteiger charge is 2.38. The number of para-hydroxylation sites is 1. The quantitative estimate of drug-likeness (QED) is 0.386. The summed E-state index contributed by atoms with van der Waals surface area (Å²) in [6.07, 6.45) is -5.42. The first kappa shape index (κ1) is 19.9. The topological polar surface area (TPSA) is 113 Å². The molecule has 0 spiro atoms. The highest BCUT2D eigenvalue weighted by molar-refractivity contribution is 6.02. The van der Waals surface area contributed by atoms with Crippen LogP contribution in [0, 0.1) is 10.1 Å². The molecule has 0 aliphatic heterocycles. The number of carbonyl (C=O) groups excluding carboxylic acids is 2. The van der Waals surface area contributed by atoms with Crippen LogP contribution >= 0.6 is 0 Å². The molecule has 2 amide bonds. The molecule has 8 nitrogen and oxygen atoms in total. The highest BCUT2D eigenvalue weighted by Crippen LogP contribution is 2.15. The number of rotatable bonds is 7. The van der Waals surface area contributed by atoms with Gasteiger partial charge in [0.25, 0.3) is 0 Å². The van der Waals surface area contributed by atoms with Gasteiger partial charge in [0.1, 0.15) is 0 Å². The smallest absolute Gasteiger partial charge is 0.386 e. The molecule has 1 aromatic rings. The van der Waals surface area contributed by atoms with Gasteiger partial charge in [0, 0.05) is 25.7 Å². The SMILES string of the molecule is CN/C(CCNC(=O)C(F)(F)F)=C(\C(=O)Nc1ccccc1)[N+](=O)[O-]. The number of nitrogens with one attached hydrogen (secondary N) is 3. The summed E-state index contributed by atoms with van der Waals surface area (Å²) in [4.78, 5) is 33.0. The summed E-state index contributed by atoms with van der Waals surface area (Å²) in [6.45, 7) is -0.537. The predicted molar refractivity (Wildman–Crippen MR) is 81.8 cm³/mol. The molecule has 1 rings (SSSR count). The molecule has 0 aliphatic carbocycles. The number of carbonyl (C=O) groups is 2. The number of amides is 2. The van der Waals surface area contributed by atoms with Crippen LogP contribution in [-0.2, 0) is 9.59 Å². The van der Waals surface area contributed by atoms with Crippen molar-refractivity contribution in [2.45, 2.75) is 12.6 Å². The Morgan fingerprint density at radius 3 is 2.28 bits per heavy atom. The van der Waals surface area contributed by atoms with Crippen molar-refractivity contribution >= 4 is 17.5 Å². The summed E-state index contributed by atoms with van der Waals surface area (Å²) >= 11 is 0. The molecule has 0 bridgehead atoms. The maximum absolute atomic E-state index is 12.1. The van der Waals surface area contributed by atoms with Crippen LogP contribution in [0.15, 0.2) is 41.7 Å². The Morgan fingerprint density at radius 2 is 1.80 bits per heavy atom. The van der Waals surface area contributed by atoms with E-state index in [2.05, 4.69) is 10.6 Å². The lowest BCUT2D eigenvalue weighted by atomic mass is 10.2. The number of hydrogen-bond donors (Lipinski definition) is 3. The van der Waals surface area contributed by atoms with Crippen LogP contribution in [0.5, 0.6) is 0 Å². The second-order valence-electron chi connectivity index (χ2n) is 4.66. The van der Waals surface area contributed by atoms with Crippen molar-refractivity contribution in [3.63, 3.8) is 0 Å². The largest absolute Gasteiger partial charge is 0.471 e. The van der Waals surface area contributed by atoms with Crippen LogP contribution in [0.25, 0.3) is 0 Å². The van der Waals surface area contributed by atoms with Crippen molar-refractivity contribution < 1.29 is 27.7 Å². The average molecular weight is 360 g/mol. The molecule has 3 N–H and O–H groups in total. The number of benzene rings is 1. The predicted octanol–water partition coefficient (Wildman–Crippen LogP) is 1.40. The standard InChI is InChI=1S/C14H15F3N4O4/c1-18-10(7-8-19-13(23)14(15,16)17)11(21(24)25)12(22)20-9-5-3-2-4-6-9/h2-6,18H,7-8H2,1H3,(H,19,23)(H,20,22)/b11-10+. The van der Waals surface area contributed by atoms with Gasteiger partial charge in [-0.3, -0.25) is 19.7 Å². The molecule has 0 aromatic heterocycles. The van der Waals surface area contributed by atoms with Crippen molar-refractivity contribution in [3.8, 4) is 0 Å². The summed E-state index contributed by atoms with van der Waals surface area (Å²) in [5.41, 5.74) is -0.763. The van der Waals surface area contributed by atoms with E-state index >= 15 is 0 Å². The van der Waals surface area contributed by atoms with Crippen LogP contribution in [0.3, 0.4) is 0 Å². The Balaban J connectivity index is 2.88. The van der Waals surface area contributed by atoms with Crippen molar-refractivity contribution in [1.82, 2.24) is 10.6 Å². The van der Waals surface area contributed by atoms with Gasteiger partial charge < -0.3 is 16.0 Å². The lowest BCUT2D eigenvalue weighted by Gasteiger charge is -2.11. The number of nitrogens with zero attached hydrogens (tertiary/aromatic N) is 1. The zero-order chi connectivity index (χ0) is 19.0. The molecular formula is C14H15F3N4O4. The molecular weight excluding hydrogens is 345 g/mol. The summed E-state index contributed by atoms with van der Waals surface area (Å²) in [5, 5.41) is 17.5. The normalized spacial score (nSPS) is 12.0. The molecule has 136 valence electrons. The molecule has 0 radical (unpaired) electrons. The molecule has 0 saturated heterocycles. The molecule has 1 aromatic carbocycles. The highest BCUT2D eigenvalue weighted by atomic mass is 19.4. The first-order valence-electron chi connectivity index (χ1n) is 6.93. The van der Waals surface area contributed by atoms with E-state index in [1.807, 2.05) is 0 Å². The minimum atomic E-state index is -5.06. The lowest BCUT2D eigenvalue weighted by Crippen LogP contribution is -2.38. The molecule has 0 heterocycles. The molecule has 0 aliphatic rings. The van der Waals surface area contributed by atoms with E-state index in [0.29, 0.717) is 5.69 Å². The van der Waals surface area contributed by atoms with Crippen molar-refractivity contribution in [3.05, 3.63) is 51.8 Å². The molecule has 0 unspecified atom stereocenters. The van der Waals surface area contributed by atoms with Gasteiger partial charge in [-0.25, -0.2) is 0 Å². The van der Waals surface area contributed by atoms with Crippen LogP contribution in [0.1, 0.15) is 6.42 Å². The van der Waals surface area contributed by atoms with Crippen LogP contribution < -0.4 is 16.0 Å². The zero-order valence-corrected chi connectivity index (χ0v) is 13.0. The number of hydrogen-bond acceptors (Lipinski definition) is 5. The van der Waals surface area contributed by atoms with E-state index in [9.17, 15) is 32.9 Å². The van der Waals surface area contributed by atoms with Crippen LogP contribution in [0.4, 0.5) is 18.9 Å². The molecule has 11 heteroatoms. The van der Waals surface area contributed by atoms with Gasteiger partial charge in [-0.1, -0.05) is 18.2 Å². The van der Waals surface area contributed by atoms with E-state index in [0.717, 1.165) is 0 Å². The van der Waals surface area contributed by atoms with E-state index < -0.39 is 35.2 Å². The van der Waals surface area contributed by atoms with E-state index in [-0.39, 0.29) is 12.1 Å². The maximum Gasteiger partial charge on any atom is 0.471 e. The fraction of sp³-hybridized carbons (Fsp3) is 0.286. The Hall–Kier alpha value is -3.11. The fourth-order valence-corrected chi connectivity index (χ4v) is 1.80. The third kappa shape index (κ3) is 6.12. The molecule has 25 heavy (non-hydrogen) atoms. The number of alkyl halides is 3. The third-order valence-electron chi connectivity index (χ3n) is 2.93. The number of anilines is 1. The molecule has 0 atom stereocenters. The minimum absolute atomic E-state index is 0.221. The van der Waals surface area contributed by atoms with E-state index in [1.54, 1.807) is 23.5 Å². The van der Waals surface area contributed by atoms with Gasteiger partial charge in [0.2, 0.25) is 0 Å². The van der Waals surface area contributed by atoms with Gasteiger partial charge in [0.15, 0.2) is 0 Å². The number of nitro groups is 1. The van der Waals surface area contributed by atoms with Crippen LogP contribution in [0.2, 0.25) is 0 Å². The second-order valence-corrected chi connectivity index (χ2v) is 4.66. The molecule has 0 fully saturated rings. The number of halogens is 3. The Labute approximate surface area is 140 Å². The van der Waals surface area contributed by atoms with Crippen molar-refractivity contribution in [2.75, 3.05) is 18.9 Å². The Bertz CT molecular complexity index is 674. The fourth-order valence-electron chi connectivity index (χ4n) is 1.80. The summed E-state index contributed by atoms with van der Waals surface area (Å²) in [7, 11) is 1.28. The van der Waals surface area contributed by atoms with Crippen molar-refractivity contribution in [1.29, 1.82) is 0 Å². The first-order chi connectivity index (χ1) is 11.7. The summed E-state index contributed by atoms with van der Waals surface area (Å²) < 4.78 is 36.3. The van der Waals surface area contributed by atoms with Gasteiger partial charge in [0.05, 0.1) is 10.6 Å². The van der Waals surface area contributed by atoms with Crippen LogP contribution in [-0.4, -0.2) is 36.5 Å². The van der Waals surface area contributed by atoms with Gasteiger partial charge in [-0.05, 0) is 12.1 Å². The monoisotopic (exact) mass is 360 g/mol. The maximum atomic E-state index is 12.1. The summed E-state index contributed by atoms with van der Waals surface area (Å²) in [5.74, 6) is -3.21. The zero-order valence-electron chi connectivity index (χ0n) is 13.0. The van der Waals surface area contributed by atoms with Crippen molar-refractivity contribution in [2.24, 2.45) is 0 Å². The second kappa shape index (κ2) is 8.66. The Kier molecular flexibility index (Phi) is 6.91. The van der Waals surface area contributed by atoms with E-state index in [1.165, 1.54) is 19.2 Å².